The van der Waals surface area contributed by atoms with Crippen molar-refractivity contribution in [1.29, 1.82) is 0 Å². The number of ether oxygens (including phenoxy) is 10. The van der Waals surface area contributed by atoms with E-state index in [2.05, 4.69) is 19.7 Å². The summed E-state index contributed by atoms with van der Waals surface area (Å²) in [5.74, 6) is -10.7. The van der Waals surface area contributed by atoms with E-state index in [1.54, 1.807) is 41.7 Å². The average molecular weight is 1220 g/mol. The molecule has 7 N–H and O–H groups in total. The van der Waals surface area contributed by atoms with Crippen molar-refractivity contribution in [2.75, 3.05) is 7.11 Å². The van der Waals surface area contributed by atoms with Crippen LogP contribution in [0.3, 0.4) is 0 Å². The number of aliphatic hydroxyl groups excluding tert-OH is 5. The van der Waals surface area contributed by atoms with E-state index in [9.17, 15) is 54.9 Å². The Morgan fingerprint density at radius 2 is 1.47 bits per heavy atom. The smallest absolute Gasteiger partial charge is 0.308 e. The minimum atomic E-state index is -2.40. The van der Waals surface area contributed by atoms with Crippen LogP contribution >= 0.6 is 11.6 Å². The number of methoxy groups -OCH3 is 1. The van der Waals surface area contributed by atoms with E-state index in [4.69, 9.17) is 59.0 Å². The van der Waals surface area contributed by atoms with Crippen molar-refractivity contribution >= 4 is 35.3 Å². The van der Waals surface area contributed by atoms with Crippen LogP contribution in [0.1, 0.15) is 158 Å². The van der Waals surface area contributed by atoms with Crippen LogP contribution in [0.2, 0.25) is 0 Å². The molecular formula is C63H95ClO21. The molecule has 85 heavy (non-hydrogen) atoms. The van der Waals surface area contributed by atoms with E-state index in [1.165, 1.54) is 26.0 Å². The Kier molecular flexibility index (Phi) is 23.5. The van der Waals surface area contributed by atoms with E-state index in [0.29, 0.717) is 43.3 Å². The average Bonchev–Trinajstić information content (AvgIpc) is 1.35. The van der Waals surface area contributed by atoms with Crippen molar-refractivity contribution in [2.24, 2.45) is 23.7 Å². The van der Waals surface area contributed by atoms with Crippen LogP contribution in [0.4, 0.5) is 0 Å². The van der Waals surface area contributed by atoms with Gasteiger partial charge >= 0.3 is 17.9 Å². The first kappa shape index (κ1) is 69.0. The third kappa shape index (κ3) is 18.1. The maximum absolute atomic E-state index is 14.5. The van der Waals surface area contributed by atoms with Crippen molar-refractivity contribution in [3.8, 4) is 0 Å². The van der Waals surface area contributed by atoms with Gasteiger partial charge in [0.05, 0.1) is 85.1 Å². The normalized spacial score (nSPS) is 44.5. The van der Waals surface area contributed by atoms with Crippen LogP contribution in [0.25, 0.3) is 0 Å². The Morgan fingerprint density at radius 1 is 0.812 bits per heavy atom. The van der Waals surface area contributed by atoms with Crippen molar-refractivity contribution in [2.45, 2.75) is 278 Å². The first-order valence-electron chi connectivity index (χ1n) is 30.3. The van der Waals surface area contributed by atoms with Gasteiger partial charge in [-0.25, -0.2) is 0 Å². The summed E-state index contributed by atoms with van der Waals surface area (Å²) in [6, 6.07) is 0. The molecule has 21 nitrogen and oxygen atoms in total. The number of ketones is 1. The second kappa shape index (κ2) is 29.0. The summed E-state index contributed by atoms with van der Waals surface area (Å²) in [6.07, 6.45) is -8.69. The molecule has 0 aromatic rings. The number of hydrogen-bond acceptors (Lipinski definition) is 21. The highest BCUT2D eigenvalue weighted by molar-refractivity contribution is 6.30. The van der Waals surface area contributed by atoms with Crippen molar-refractivity contribution in [3.05, 3.63) is 60.2 Å². The molecule has 7 aliphatic rings. The summed E-state index contributed by atoms with van der Waals surface area (Å²) in [7, 11) is 1.57. The van der Waals surface area contributed by atoms with Crippen molar-refractivity contribution < 1.29 is 102 Å². The zero-order chi connectivity index (χ0) is 62.5. The van der Waals surface area contributed by atoms with Gasteiger partial charge in [0.15, 0.2) is 17.4 Å². The molecule has 2 spiro atoms. The monoisotopic (exact) mass is 1220 g/mol. The van der Waals surface area contributed by atoms with Gasteiger partial charge in [0, 0.05) is 108 Å². The quantitative estimate of drug-likeness (QED) is 0.0611. The predicted octanol–water partition coefficient (Wildman–Crippen LogP) is 5.91. The fraction of sp³-hybridized carbons (Fsp3) is 0.778. The van der Waals surface area contributed by atoms with Gasteiger partial charge in [-0.3, -0.25) is 19.2 Å². The van der Waals surface area contributed by atoms with Crippen molar-refractivity contribution in [1.82, 2.24) is 0 Å². The Hall–Kier alpha value is -3.49. The number of allylic oxidation sites excluding steroid dienone is 3. The fourth-order valence-corrected chi connectivity index (χ4v) is 14.2. The van der Waals surface area contributed by atoms with Crippen LogP contribution in [0.15, 0.2) is 60.2 Å². The van der Waals surface area contributed by atoms with Crippen LogP contribution in [0.5, 0.6) is 0 Å². The van der Waals surface area contributed by atoms with Gasteiger partial charge in [0.25, 0.3) is 0 Å². The van der Waals surface area contributed by atoms with Gasteiger partial charge in [0.1, 0.15) is 36.3 Å². The SMILES string of the molecule is C=C(Cl)/C=C/[C@@H](O)CC(=C)C[C@H]1O[C@@H]2[C@H](C)[C@@H](OC(=O)C[C@H]3C[C@H](OC(C)=O)C[C@@]4(C[C@@](C)(O)C[C@H](CC(=C)[C@@H](C)[C@H](OC(C)=O)[C@H](C)C(=O)C[C@@H]5C[C@H](OC)CC6(C[C@@H](O)C[C@H](/C=C\CCC[C@H]7O[C@](O)(C[C@H](O)[C@H]7C)[C@H]2O)O6)O5)O4)O3)[C@@H]1O. The Balaban J connectivity index is 1.22. The molecule has 1 unspecified atom stereocenters. The topological polar surface area (TPSA) is 302 Å². The molecule has 0 aromatic carbocycles. The lowest BCUT2D eigenvalue weighted by Crippen LogP contribution is -2.65. The van der Waals surface area contributed by atoms with Crippen LogP contribution in [-0.2, 0) is 66.5 Å². The number of Topliss-reactive ketones (excluding diaryl/α,β-unsaturated/α-hetero) is 1. The first-order chi connectivity index (χ1) is 39.8. The van der Waals surface area contributed by atoms with Crippen molar-refractivity contribution in [3.63, 3.8) is 0 Å². The summed E-state index contributed by atoms with van der Waals surface area (Å²) in [4.78, 5) is 54.3. The Morgan fingerprint density at radius 3 is 2.15 bits per heavy atom. The lowest BCUT2D eigenvalue weighted by molar-refractivity contribution is -0.351. The molecule has 6 fully saturated rings. The molecule has 6 saturated heterocycles. The minimum absolute atomic E-state index is 0.00321. The van der Waals surface area contributed by atoms with Gasteiger partial charge in [-0.2, -0.15) is 0 Å². The number of carbonyl (C=O) groups excluding carboxylic acids is 4. The van der Waals surface area contributed by atoms with E-state index in [-0.39, 0.29) is 81.1 Å². The lowest BCUT2D eigenvalue weighted by atomic mass is 9.78. The molecule has 0 aromatic heterocycles. The van der Waals surface area contributed by atoms with Gasteiger partial charge in [0.2, 0.25) is 0 Å². The van der Waals surface area contributed by atoms with Crippen LogP contribution < -0.4 is 0 Å². The van der Waals surface area contributed by atoms with Gasteiger partial charge in [-0.15, -0.1) is 0 Å². The minimum Gasteiger partial charge on any atom is -0.462 e. The highest BCUT2D eigenvalue weighted by atomic mass is 35.5. The number of aliphatic hydroxyl groups is 7. The van der Waals surface area contributed by atoms with Crippen LogP contribution in [-0.4, -0.2) is 187 Å². The maximum atomic E-state index is 14.5. The molecule has 0 aliphatic carbocycles. The number of fused-ring (bicyclic) bond motifs is 8. The largest absolute Gasteiger partial charge is 0.462 e. The molecule has 10 bridgehead atoms. The number of carbonyl (C=O) groups is 4. The Labute approximate surface area is 505 Å². The molecule has 24 atom stereocenters. The van der Waals surface area contributed by atoms with E-state index in [1.807, 2.05) is 12.2 Å². The van der Waals surface area contributed by atoms with Crippen LogP contribution in [0, 0.1) is 23.7 Å². The summed E-state index contributed by atoms with van der Waals surface area (Å²) in [5.41, 5.74) is -0.508. The molecule has 480 valence electrons. The van der Waals surface area contributed by atoms with Gasteiger partial charge < -0.3 is 83.1 Å². The fourth-order valence-electron chi connectivity index (χ4n) is 14.1. The van der Waals surface area contributed by atoms with Gasteiger partial charge in [-0.05, 0) is 51.5 Å². The zero-order valence-corrected chi connectivity index (χ0v) is 51.5. The number of esters is 3. The molecule has 0 saturated carbocycles. The number of hydrogen-bond donors (Lipinski definition) is 7. The number of rotatable bonds is 9. The Bertz CT molecular complexity index is 2430. The standard InChI is InChI=1S/C63H95ClO21/c1-33(19-42(67)18-17-35(3)64)20-53-55(72)57-39(7)58(79-53)59(73)63(75)31-51(70)37(5)52(85-63)16-14-12-13-15-44-22-43(68)27-61(81-44)29-47(76-11)23-45(82-61)25-50(69)38(6)56(78-41(9)66)36(4)34(2)21-49-28-60(10,74)32-62(84-49)30-48(77-40(8)65)24-46(83-62)26-54(71)80-57/h13,15,17-18,36-39,42-49,51-53,55-59,67-68,70,72-75H,1-3,12,14,16,19-32H2,4-11H3/b15-13-,18-17+/t36-,37-,38-,39-,42-,43+,44+,45+,46-,47+,48+,49+,51+,52-,53-,55-,56+,57-,58-,59+,60+,61?,62-,63-/m1/s1. The maximum Gasteiger partial charge on any atom is 0.308 e. The van der Waals surface area contributed by atoms with E-state index in [0.717, 1.165) is 0 Å². The van der Waals surface area contributed by atoms with Gasteiger partial charge in [-0.1, -0.05) is 88.4 Å². The molecule has 7 heterocycles. The van der Waals surface area contributed by atoms with E-state index >= 15 is 0 Å². The predicted molar refractivity (Wildman–Crippen MR) is 308 cm³/mol. The molecular weight excluding hydrogens is 1130 g/mol. The number of halogens is 1. The summed E-state index contributed by atoms with van der Waals surface area (Å²) in [5, 5.41) is 82.6. The highest BCUT2D eigenvalue weighted by Gasteiger charge is 2.58. The molecule has 0 amide bonds. The molecule has 7 rings (SSSR count). The second-order valence-corrected chi connectivity index (χ2v) is 26.4. The zero-order valence-electron chi connectivity index (χ0n) is 50.7. The first-order valence-corrected chi connectivity index (χ1v) is 30.7. The summed E-state index contributed by atoms with van der Waals surface area (Å²) >= 11 is 5.89. The molecule has 22 heteroatoms. The summed E-state index contributed by atoms with van der Waals surface area (Å²) in [6.45, 7) is 23.1. The lowest BCUT2D eigenvalue weighted by Gasteiger charge is -2.52. The highest BCUT2D eigenvalue weighted by Crippen LogP contribution is 2.48. The third-order valence-corrected chi connectivity index (χ3v) is 18.4. The molecule has 0 radical (unpaired) electrons. The third-order valence-electron chi connectivity index (χ3n) is 18.3. The summed E-state index contributed by atoms with van der Waals surface area (Å²) < 4.78 is 63.4. The van der Waals surface area contributed by atoms with E-state index < -0.39 is 169 Å². The molecule has 7 aliphatic heterocycles. The second-order valence-electron chi connectivity index (χ2n) is 25.9.